The topological polar surface area (TPSA) is 34.6 Å². The van der Waals surface area contributed by atoms with Crippen LogP contribution < -0.4 is 30.8 Å². The van der Waals surface area contributed by atoms with Crippen LogP contribution in [-0.2, 0) is 5.41 Å². The minimum Gasteiger partial charge on any atom is -0.458 e. The summed E-state index contributed by atoms with van der Waals surface area (Å²) in [5.74, 6) is 4.46. The Balaban J connectivity index is 1.13. The molecular formula is C42H29BN2O2. The van der Waals surface area contributed by atoms with Gasteiger partial charge in [0.15, 0.2) is 0 Å². The molecule has 0 unspecified atom stereocenters. The molecule has 0 atom stereocenters. The van der Waals surface area contributed by atoms with Gasteiger partial charge in [-0.05, 0) is 117 Å². The van der Waals surface area contributed by atoms with Crippen LogP contribution in [-0.4, -0.2) is 11.7 Å². The molecule has 4 nitrogen and oxygen atoms in total. The lowest BCUT2D eigenvalue weighted by Crippen LogP contribution is -2.57. The van der Waals surface area contributed by atoms with E-state index in [1.165, 1.54) is 44.0 Å². The predicted octanol–water partition coefficient (Wildman–Crippen LogP) is 8.74. The summed E-state index contributed by atoms with van der Waals surface area (Å²) in [6.07, 6.45) is 1.85. The summed E-state index contributed by atoms with van der Waals surface area (Å²) < 4.78 is 13.0. The van der Waals surface area contributed by atoms with Crippen LogP contribution in [0.4, 0.5) is 17.2 Å². The Morgan fingerprint density at radius 2 is 1.28 bits per heavy atom. The number of ether oxygens (including phenoxy) is 2. The van der Waals surface area contributed by atoms with Gasteiger partial charge in [-0.15, -0.1) is 0 Å². The second-order valence-corrected chi connectivity index (χ2v) is 13.2. The van der Waals surface area contributed by atoms with E-state index in [0.717, 1.165) is 45.7 Å². The van der Waals surface area contributed by atoms with Crippen molar-refractivity contribution in [1.29, 1.82) is 0 Å². The summed E-state index contributed by atoms with van der Waals surface area (Å²) in [5.41, 5.74) is 10.6. The zero-order valence-electron chi connectivity index (χ0n) is 26.1. The standard InChI is InChI=1S/C42H29BN2O2/c1-42(2)32-23-27-21-29(45(28-11-4-3-5-12-28)40-17-8-9-20-44-40)19-18-26(27)22-30(32)31-24-39-35(25-33(31)42)43-34-13-6-7-14-36(34)46-37-15-10-16-38(47-39)41(37)43/h3-25H,1-2H3. The minimum absolute atomic E-state index is 0.0527. The lowest BCUT2D eigenvalue weighted by Gasteiger charge is -2.33. The van der Waals surface area contributed by atoms with Gasteiger partial charge in [-0.1, -0.05) is 74.5 Å². The second kappa shape index (κ2) is 9.60. The summed E-state index contributed by atoms with van der Waals surface area (Å²) in [6.45, 7) is 4.76. The van der Waals surface area contributed by atoms with E-state index in [0.29, 0.717) is 0 Å². The highest BCUT2D eigenvalue weighted by Gasteiger charge is 2.43. The van der Waals surface area contributed by atoms with E-state index < -0.39 is 0 Å². The number of anilines is 3. The van der Waals surface area contributed by atoms with Gasteiger partial charge in [-0.2, -0.15) is 0 Å². The number of para-hydroxylation sites is 2. The van der Waals surface area contributed by atoms with Crippen LogP contribution in [0.25, 0.3) is 21.9 Å². The summed E-state index contributed by atoms with van der Waals surface area (Å²) in [5, 5.41) is 2.41. The van der Waals surface area contributed by atoms with E-state index in [1.807, 2.05) is 36.5 Å². The molecule has 5 heteroatoms. The number of benzene rings is 6. The molecule has 0 spiro atoms. The molecule has 0 saturated carbocycles. The van der Waals surface area contributed by atoms with Gasteiger partial charge in [0.25, 0.3) is 6.71 Å². The zero-order chi connectivity index (χ0) is 31.3. The molecule has 0 fully saturated rings. The molecule has 10 rings (SSSR count). The fourth-order valence-corrected chi connectivity index (χ4v) is 7.95. The Morgan fingerprint density at radius 3 is 2.11 bits per heavy atom. The highest BCUT2D eigenvalue weighted by Crippen LogP contribution is 2.52. The van der Waals surface area contributed by atoms with E-state index in [9.17, 15) is 0 Å². The highest BCUT2D eigenvalue weighted by molar-refractivity contribution is 6.98. The highest BCUT2D eigenvalue weighted by atomic mass is 16.5. The smallest absolute Gasteiger partial charge is 0.260 e. The van der Waals surface area contributed by atoms with Crippen LogP contribution in [0.15, 0.2) is 140 Å². The van der Waals surface area contributed by atoms with Crippen LogP contribution in [0.3, 0.4) is 0 Å². The Bertz CT molecular complexity index is 2370. The SMILES string of the molecule is CC1(C)c2cc3c(cc2-c2cc4ccc(N(c5ccccc5)c5ccccn5)cc4cc21)Oc1cccc2c1B3c1ccccc1O2. The molecule has 0 N–H and O–H groups in total. The molecule has 3 heterocycles. The first-order valence-corrected chi connectivity index (χ1v) is 16.2. The molecule has 6 aromatic carbocycles. The quantitative estimate of drug-likeness (QED) is 0.189. The van der Waals surface area contributed by atoms with Crippen molar-refractivity contribution in [1.82, 2.24) is 4.98 Å². The van der Waals surface area contributed by atoms with Crippen molar-refractivity contribution in [2.45, 2.75) is 19.3 Å². The van der Waals surface area contributed by atoms with Gasteiger partial charge in [-0.3, -0.25) is 4.90 Å². The number of hydrogen-bond acceptors (Lipinski definition) is 4. The number of aromatic nitrogens is 1. The van der Waals surface area contributed by atoms with Gasteiger partial charge in [0.1, 0.15) is 28.8 Å². The Morgan fingerprint density at radius 1 is 0.553 bits per heavy atom. The molecule has 222 valence electrons. The molecule has 1 aliphatic carbocycles. The number of fused-ring (bicyclic) bond motifs is 8. The third-order valence-corrected chi connectivity index (χ3v) is 10.2. The lowest BCUT2D eigenvalue weighted by atomic mass is 9.34. The number of nitrogens with zero attached hydrogens (tertiary/aromatic N) is 2. The third-order valence-electron chi connectivity index (χ3n) is 10.2. The van der Waals surface area contributed by atoms with Crippen molar-refractivity contribution < 1.29 is 9.47 Å². The van der Waals surface area contributed by atoms with E-state index in [4.69, 9.17) is 14.5 Å². The molecule has 2 aliphatic heterocycles. The van der Waals surface area contributed by atoms with Crippen molar-refractivity contribution >= 4 is 51.1 Å². The van der Waals surface area contributed by atoms with Crippen molar-refractivity contribution in [3.05, 3.63) is 151 Å². The van der Waals surface area contributed by atoms with Crippen LogP contribution in [0, 0.1) is 0 Å². The maximum atomic E-state index is 6.67. The fourth-order valence-electron chi connectivity index (χ4n) is 7.95. The molecular weight excluding hydrogens is 575 g/mol. The summed E-state index contributed by atoms with van der Waals surface area (Å²) in [4.78, 5) is 6.93. The molecule has 7 aromatic rings. The van der Waals surface area contributed by atoms with Gasteiger partial charge in [-0.25, -0.2) is 4.98 Å². The number of pyridine rings is 1. The molecule has 47 heavy (non-hydrogen) atoms. The van der Waals surface area contributed by atoms with Gasteiger partial charge in [0, 0.05) is 28.4 Å². The van der Waals surface area contributed by atoms with Crippen molar-refractivity contribution in [2.75, 3.05) is 4.90 Å². The first-order chi connectivity index (χ1) is 23.0. The first kappa shape index (κ1) is 26.4. The van der Waals surface area contributed by atoms with E-state index in [-0.39, 0.29) is 12.1 Å². The molecule has 0 saturated heterocycles. The van der Waals surface area contributed by atoms with Crippen LogP contribution in [0.2, 0.25) is 0 Å². The van der Waals surface area contributed by atoms with Crippen molar-refractivity contribution in [2.24, 2.45) is 0 Å². The lowest BCUT2D eigenvalue weighted by molar-refractivity contribution is 0.464. The Hall–Kier alpha value is -5.81. The molecule has 1 aromatic heterocycles. The largest absolute Gasteiger partial charge is 0.458 e. The van der Waals surface area contributed by atoms with Crippen molar-refractivity contribution in [3.63, 3.8) is 0 Å². The fraction of sp³-hybridized carbons (Fsp3) is 0.0714. The summed E-state index contributed by atoms with van der Waals surface area (Å²) in [7, 11) is 0. The Kier molecular flexibility index (Phi) is 5.40. The van der Waals surface area contributed by atoms with Crippen LogP contribution in [0.1, 0.15) is 25.0 Å². The molecule has 0 bridgehead atoms. The zero-order valence-corrected chi connectivity index (χ0v) is 26.1. The summed E-state index contributed by atoms with van der Waals surface area (Å²) >= 11 is 0. The molecule has 3 aliphatic rings. The van der Waals surface area contributed by atoms with Gasteiger partial charge < -0.3 is 9.47 Å². The average Bonchev–Trinajstić information content (AvgIpc) is 3.31. The number of rotatable bonds is 3. The van der Waals surface area contributed by atoms with E-state index >= 15 is 0 Å². The number of hydrogen-bond donors (Lipinski definition) is 0. The van der Waals surface area contributed by atoms with Gasteiger partial charge in [0.05, 0.1) is 0 Å². The third kappa shape index (κ3) is 3.80. The maximum absolute atomic E-state index is 6.67. The minimum atomic E-state index is -0.200. The Labute approximate surface area is 274 Å². The monoisotopic (exact) mass is 604 g/mol. The van der Waals surface area contributed by atoms with E-state index in [2.05, 4.69) is 122 Å². The normalized spacial score (nSPS) is 14.2. The summed E-state index contributed by atoms with van der Waals surface area (Å²) in [6, 6.07) is 47.2. The average molecular weight is 605 g/mol. The van der Waals surface area contributed by atoms with Crippen LogP contribution >= 0.6 is 0 Å². The van der Waals surface area contributed by atoms with Crippen molar-refractivity contribution in [3.8, 4) is 34.1 Å². The van der Waals surface area contributed by atoms with Gasteiger partial charge in [0.2, 0.25) is 0 Å². The molecule has 0 amide bonds. The maximum Gasteiger partial charge on any atom is 0.260 e. The second-order valence-electron chi connectivity index (χ2n) is 13.2. The first-order valence-electron chi connectivity index (χ1n) is 16.2. The predicted molar refractivity (Wildman–Crippen MR) is 192 cm³/mol. The van der Waals surface area contributed by atoms with Gasteiger partial charge >= 0.3 is 0 Å². The molecule has 0 radical (unpaired) electrons. The van der Waals surface area contributed by atoms with E-state index in [1.54, 1.807) is 0 Å². The van der Waals surface area contributed by atoms with Crippen LogP contribution in [0.5, 0.6) is 23.0 Å².